The first-order valence-corrected chi connectivity index (χ1v) is 18.7. The van der Waals surface area contributed by atoms with E-state index in [2.05, 4.69) is 16.6 Å². The van der Waals surface area contributed by atoms with Gasteiger partial charge in [-0.05, 0) is 63.4 Å². The molecule has 1 saturated heterocycles. The number of nitrogens with zero attached hydrogens (tertiary/aromatic N) is 2. The second kappa shape index (κ2) is 14.8. The van der Waals surface area contributed by atoms with Crippen LogP contribution in [0.2, 0.25) is 0 Å². The van der Waals surface area contributed by atoms with Gasteiger partial charge in [-0.15, -0.1) is 12.4 Å². The number of ketones is 1. The maximum absolute atomic E-state index is 14.4. The highest BCUT2D eigenvalue weighted by Gasteiger charge is 2.62. The van der Waals surface area contributed by atoms with Gasteiger partial charge in [0.05, 0.1) is 48.7 Å². The van der Waals surface area contributed by atoms with Gasteiger partial charge < -0.3 is 24.8 Å². The van der Waals surface area contributed by atoms with Crippen LogP contribution in [0.25, 0.3) is 10.8 Å². The van der Waals surface area contributed by atoms with Crippen molar-refractivity contribution in [3.63, 3.8) is 0 Å². The van der Waals surface area contributed by atoms with Gasteiger partial charge in [0.2, 0.25) is 27.7 Å². The first-order chi connectivity index (χ1) is 23.3. The Morgan fingerprint density at radius 1 is 1.14 bits per heavy atom. The normalized spacial score (nSPS) is 31.7. The Morgan fingerprint density at radius 3 is 2.54 bits per heavy atom. The molecule has 3 N–H and O–H groups in total. The number of amides is 2. The Balaban J connectivity index is 0.00000486. The topological polar surface area (TPSA) is 167 Å². The van der Waals surface area contributed by atoms with E-state index in [1.807, 2.05) is 36.4 Å². The van der Waals surface area contributed by atoms with Gasteiger partial charge in [-0.1, -0.05) is 37.3 Å². The number of fused-ring (bicyclic) bond motifs is 3. The maximum Gasteiger partial charge on any atom is 0.240 e. The van der Waals surface area contributed by atoms with Crippen LogP contribution >= 0.6 is 12.4 Å². The van der Waals surface area contributed by atoms with Gasteiger partial charge in [0.15, 0.2) is 5.78 Å². The van der Waals surface area contributed by atoms with Crippen molar-refractivity contribution in [3.05, 3.63) is 42.6 Å². The van der Waals surface area contributed by atoms with Crippen LogP contribution in [0.3, 0.4) is 0 Å². The highest BCUT2D eigenvalue weighted by molar-refractivity contribution is 7.91. The molecule has 2 aliphatic heterocycles. The number of methoxy groups -OCH3 is 2. The number of Topliss-reactive ketones (excluding diaryl/α,β-unsaturated/α-hetero) is 1. The van der Waals surface area contributed by atoms with E-state index in [1.54, 1.807) is 27.3 Å². The molecule has 50 heavy (non-hydrogen) atoms. The lowest BCUT2D eigenvalue weighted by Gasteiger charge is -2.31. The summed E-state index contributed by atoms with van der Waals surface area (Å²) in [6, 6.07) is 5.68. The van der Waals surface area contributed by atoms with Crippen molar-refractivity contribution in [2.24, 2.45) is 28.9 Å². The van der Waals surface area contributed by atoms with Crippen molar-refractivity contribution in [2.45, 2.75) is 88.1 Å². The number of pyridine rings is 1. The molecule has 1 unspecified atom stereocenters. The quantitative estimate of drug-likeness (QED) is 0.380. The number of carbonyl (C=O) groups excluding carboxylic acids is 3. The number of nitrogens with one attached hydrogen (secondary N) is 1. The minimum atomic E-state index is -3.91. The van der Waals surface area contributed by atoms with Gasteiger partial charge in [0.25, 0.3) is 0 Å². The summed E-state index contributed by atoms with van der Waals surface area (Å²) in [4.78, 5) is 48.4. The molecule has 0 radical (unpaired) electrons. The maximum atomic E-state index is 14.4. The molecule has 6 rings (SSSR count). The fourth-order valence-corrected chi connectivity index (χ4v) is 8.87. The van der Waals surface area contributed by atoms with Crippen molar-refractivity contribution < 1.29 is 37.0 Å². The number of hydrogen-bond acceptors (Lipinski definition) is 10. The fourth-order valence-electron chi connectivity index (χ4n) is 7.54. The highest BCUT2D eigenvalue weighted by Crippen LogP contribution is 2.57. The first kappa shape index (κ1) is 38.0. The predicted molar refractivity (Wildman–Crippen MR) is 190 cm³/mol. The average Bonchev–Trinajstić information content (AvgIpc) is 3.96. The molecular formula is C36H49ClN4O8S. The number of hydrogen-bond donors (Lipinski definition) is 2. The molecule has 2 saturated carbocycles. The number of aromatic nitrogens is 1. The smallest absolute Gasteiger partial charge is 0.240 e. The second-order valence-electron chi connectivity index (χ2n) is 14.7. The van der Waals surface area contributed by atoms with Gasteiger partial charge in [0.1, 0.15) is 11.9 Å². The molecule has 2 aromatic rings. The standard InChI is InChI=1S/C36H48N4O8S.ClH/c1-22-9-5-6-10-24-17-36(24,34(43)39-49(44,45)35(2)13-14-35)18-29(41)28-16-25(20-40(28)33(42)31(37)23(15-22)21-46-3)48-32-27-12-8-7-11-26(27)30(47-4)19-38-32;/h6-8,10-12,19,22-25,28,31H,5,9,13-18,20-21,37H2,1-4H3,(H,39,43);1H/b10-6-;/t22?,23-,24+,25+,28-,31-,36+;/m0./s1. The molecule has 0 bridgehead atoms. The average molecular weight is 733 g/mol. The van der Waals surface area contributed by atoms with Crippen LogP contribution in [0.4, 0.5) is 0 Å². The number of allylic oxidation sites excluding steroid dienone is 2. The van der Waals surface area contributed by atoms with Crippen molar-refractivity contribution >= 4 is 50.8 Å². The van der Waals surface area contributed by atoms with Crippen LogP contribution in [-0.2, 0) is 29.1 Å². The minimum Gasteiger partial charge on any atom is -0.494 e. The lowest BCUT2D eigenvalue weighted by Crippen LogP contribution is -2.53. The molecule has 1 aromatic heterocycles. The van der Waals surface area contributed by atoms with E-state index < -0.39 is 44.3 Å². The lowest BCUT2D eigenvalue weighted by atomic mass is 9.87. The summed E-state index contributed by atoms with van der Waals surface area (Å²) in [5.74, 6) is -0.768. The zero-order chi connectivity index (χ0) is 35.1. The van der Waals surface area contributed by atoms with E-state index in [-0.39, 0.29) is 61.2 Å². The number of nitrogens with two attached hydrogens (primary N) is 1. The van der Waals surface area contributed by atoms with Crippen LogP contribution < -0.4 is 19.9 Å². The highest BCUT2D eigenvalue weighted by atomic mass is 35.5. The molecule has 3 fully saturated rings. The summed E-state index contributed by atoms with van der Waals surface area (Å²) in [6.45, 7) is 4.12. The molecule has 4 aliphatic rings. The van der Waals surface area contributed by atoms with Crippen LogP contribution in [0.5, 0.6) is 11.6 Å². The number of sulfonamides is 1. The van der Waals surface area contributed by atoms with Crippen LogP contribution in [-0.4, -0.2) is 86.2 Å². The summed E-state index contributed by atoms with van der Waals surface area (Å²) in [5, 5.41) is 1.54. The molecule has 3 heterocycles. The van der Waals surface area contributed by atoms with E-state index in [4.69, 9.17) is 19.9 Å². The molecule has 7 atom stereocenters. The Morgan fingerprint density at radius 2 is 1.86 bits per heavy atom. The number of ether oxygens (including phenoxy) is 3. The Hall–Kier alpha value is -3.26. The molecule has 274 valence electrons. The van der Waals surface area contributed by atoms with Crippen LogP contribution in [0.1, 0.15) is 65.2 Å². The van der Waals surface area contributed by atoms with Gasteiger partial charge >= 0.3 is 0 Å². The summed E-state index contributed by atoms with van der Waals surface area (Å²) >= 11 is 0. The van der Waals surface area contributed by atoms with Crippen LogP contribution in [0.15, 0.2) is 42.6 Å². The van der Waals surface area contributed by atoms with E-state index in [0.29, 0.717) is 43.9 Å². The van der Waals surface area contributed by atoms with Crippen molar-refractivity contribution in [1.82, 2.24) is 14.6 Å². The summed E-state index contributed by atoms with van der Waals surface area (Å²) in [5.41, 5.74) is 5.47. The molecule has 2 amide bonds. The van der Waals surface area contributed by atoms with Crippen LogP contribution in [0, 0.1) is 23.2 Å². The Labute approximate surface area is 300 Å². The van der Waals surface area contributed by atoms with Gasteiger partial charge in [-0.25, -0.2) is 13.4 Å². The minimum absolute atomic E-state index is 0. The number of benzene rings is 1. The lowest BCUT2D eigenvalue weighted by molar-refractivity contribution is -0.141. The zero-order valence-electron chi connectivity index (χ0n) is 29.1. The molecule has 12 nitrogen and oxygen atoms in total. The molecule has 0 spiro atoms. The second-order valence-corrected chi connectivity index (χ2v) is 16.9. The first-order valence-electron chi connectivity index (χ1n) is 17.2. The number of rotatable bonds is 8. The molecule has 14 heteroatoms. The number of halogens is 1. The third-order valence-electron chi connectivity index (χ3n) is 11.1. The van der Waals surface area contributed by atoms with Gasteiger partial charge in [-0.2, -0.15) is 0 Å². The predicted octanol–water partition coefficient (Wildman–Crippen LogP) is 3.94. The van der Waals surface area contributed by atoms with E-state index in [0.717, 1.165) is 23.6 Å². The van der Waals surface area contributed by atoms with E-state index in [1.165, 1.54) is 4.90 Å². The van der Waals surface area contributed by atoms with Crippen molar-refractivity contribution in [1.29, 1.82) is 0 Å². The summed E-state index contributed by atoms with van der Waals surface area (Å²) in [6.07, 6.45) is 8.45. The SMILES string of the molecule is COC[C@@H]1CC(C)CC/C=C\[C@@H]2C[C@@]2(C(=O)NS(=O)(=O)C2(C)CC2)CC(=O)[C@@H]2C[C@@H](Oc3ncc(OC)c4ccccc34)CN2C(=O)[C@H]1N.Cl. The molecular weight excluding hydrogens is 684 g/mol. The van der Waals surface area contributed by atoms with Crippen molar-refractivity contribution in [3.8, 4) is 11.6 Å². The largest absolute Gasteiger partial charge is 0.494 e. The summed E-state index contributed by atoms with van der Waals surface area (Å²) in [7, 11) is -0.762. The zero-order valence-corrected chi connectivity index (χ0v) is 30.8. The third-order valence-corrected chi connectivity index (χ3v) is 13.3. The van der Waals surface area contributed by atoms with Gasteiger partial charge in [-0.3, -0.25) is 19.1 Å². The Kier molecular flexibility index (Phi) is 11.2. The fraction of sp³-hybridized carbons (Fsp3) is 0.611. The van der Waals surface area contributed by atoms with Crippen molar-refractivity contribution in [2.75, 3.05) is 27.4 Å². The van der Waals surface area contributed by atoms with E-state index in [9.17, 15) is 22.8 Å². The number of carbonyl (C=O) groups is 3. The third kappa shape index (κ3) is 7.37. The molecule has 1 aromatic carbocycles. The van der Waals surface area contributed by atoms with E-state index >= 15 is 0 Å². The monoisotopic (exact) mass is 732 g/mol. The van der Waals surface area contributed by atoms with Gasteiger partial charge in [0, 0.05) is 36.6 Å². The molecule has 2 aliphatic carbocycles. The Bertz CT molecular complexity index is 1750. The summed E-state index contributed by atoms with van der Waals surface area (Å²) < 4.78 is 45.0.